The number of benzene rings is 2. The fourth-order valence-corrected chi connectivity index (χ4v) is 2.98. The van der Waals surface area contributed by atoms with Gasteiger partial charge in [-0.25, -0.2) is 4.68 Å². The zero-order valence-corrected chi connectivity index (χ0v) is 14.5. The van der Waals surface area contributed by atoms with E-state index in [1.807, 2.05) is 10.7 Å². The van der Waals surface area contributed by atoms with Crippen molar-refractivity contribution in [2.24, 2.45) is 0 Å². The lowest BCUT2D eigenvalue weighted by Crippen LogP contribution is -2.00. The molecule has 2 aromatic carbocycles. The first kappa shape index (κ1) is 16.4. The van der Waals surface area contributed by atoms with E-state index in [-0.39, 0.29) is 0 Å². The highest BCUT2D eigenvalue weighted by Crippen LogP contribution is 2.19. The van der Waals surface area contributed by atoms with E-state index >= 15 is 0 Å². The van der Waals surface area contributed by atoms with Gasteiger partial charge in [-0.3, -0.25) is 0 Å². The molecule has 0 bridgehead atoms. The highest BCUT2D eigenvalue weighted by atomic mass is 15.4. The number of nitrogens with zero attached hydrogens (tertiary/aromatic N) is 3. The van der Waals surface area contributed by atoms with Crippen LogP contribution in [0, 0.1) is 0 Å². The summed E-state index contributed by atoms with van der Waals surface area (Å²) in [5, 5.41) is 8.65. The van der Waals surface area contributed by atoms with Gasteiger partial charge in [-0.2, -0.15) is 0 Å². The first-order chi connectivity index (χ1) is 11.7. The van der Waals surface area contributed by atoms with Crippen molar-refractivity contribution in [3.63, 3.8) is 0 Å². The second-order valence-electron chi connectivity index (χ2n) is 6.50. The number of aromatic nitrogens is 3. The van der Waals surface area contributed by atoms with E-state index < -0.39 is 0 Å². The highest BCUT2D eigenvalue weighted by molar-refractivity contribution is 5.24. The summed E-state index contributed by atoms with van der Waals surface area (Å²) in [4.78, 5) is 0. The summed E-state index contributed by atoms with van der Waals surface area (Å²) >= 11 is 0. The van der Waals surface area contributed by atoms with Gasteiger partial charge in [0, 0.05) is 12.1 Å². The monoisotopic (exact) mass is 319 g/mol. The molecule has 0 saturated carbocycles. The van der Waals surface area contributed by atoms with Crippen LogP contribution in [0.4, 0.5) is 0 Å². The molecule has 1 atom stereocenters. The average Bonchev–Trinajstić information content (AvgIpc) is 3.06. The minimum atomic E-state index is 0.367. The Kier molecular flexibility index (Phi) is 5.42. The summed E-state index contributed by atoms with van der Waals surface area (Å²) < 4.78 is 1.92. The van der Waals surface area contributed by atoms with Crippen molar-refractivity contribution in [2.75, 3.05) is 0 Å². The van der Waals surface area contributed by atoms with Crippen molar-refractivity contribution < 1.29 is 0 Å². The van der Waals surface area contributed by atoms with Crippen LogP contribution >= 0.6 is 0 Å². The summed E-state index contributed by atoms with van der Waals surface area (Å²) in [5.41, 5.74) is 5.08. The maximum Gasteiger partial charge on any atom is 0.0858 e. The molecule has 0 saturated heterocycles. The number of hydrogen-bond acceptors (Lipinski definition) is 2. The maximum absolute atomic E-state index is 4.37. The van der Waals surface area contributed by atoms with Crippen molar-refractivity contribution in [3.05, 3.63) is 83.2 Å². The minimum absolute atomic E-state index is 0.367. The molecule has 0 amide bonds. The molecule has 0 spiro atoms. The Balaban J connectivity index is 1.62. The Morgan fingerprint density at radius 2 is 1.62 bits per heavy atom. The van der Waals surface area contributed by atoms with Gasteiger partial charge in [0.2, 0.25) is 0 Å². The van der Waals surface area contributed by atoms with Gasteiger partial charge in [-0.1, -0.05) is 80.1 Å². The molecule has 1 aromatic heterocycles. The van der Waals surface area contributed by atoms with Crippen molar-refractivity contribution >= 4 is 0 Å². The lowest BCUT2D eigenvalue weighted by Gasteiger charge is -2.09. The molecule has 3 rings (SSSR count). The zero-order chi connectivity index (χ0) is 16.8. The Morgan fingerprint density at radius 1 is 0.917 bits per heavy atom. The SMILES string of the molecule is CCCc1ccc(CC(C)c2cn(Cc3ccccc3)nn2)cc1. The first-order valence-corrected chi connectivity index (χ1v) is 8.76. The van der Waals surface area contributed by atoms with Crippen molar-refractivity contribution in [1.82, 2.24) is 15.0 Å². The molecular weight excluding hydrogens is 294 g/mol. The van der Waals surface area contributed by atoms with Crippen LogP contribution in [-0.2, 0) is 19.4 Å². The van der Waals surface area contributed by atoms with E-state index in [0.29, 0.717) is 5.92 Å². The summed E-state index contributed by atoms with van der Waals surface area (Å²) in [6.45, 7) is 5.21. The van der Waals surface area contributed by atoms with Crippen LogP contribution in [0.1, 0.15) is 48.6 Å². The topological polar surface area (TPSA) is 30.7 Å². The largest absolute Gasteiger partial charge is 0.248 e. The van der Waals surface area contributed by atoms with Crippen LogP contribution in [0.3, 0.4) is 0 Å². The maximum atomic E-state index is 4.37. The first-order valence-electron chi connectivity index (χ1n) is 8.76. The average molecular weight is 319 g/mol. The van der Waals surface area contributed by atoms with Crippen LogP contribution in [0.2, 0.25) is 0 Å². The Morgan fingerprint density at radius 3 is 2.33 bits per heavy atom. The van der Waals surface area contributed by atoms with E-state index in [2.05, 4.69) is 78.9 Å². The molecule has 1 unspecified atom stereocenters. The Hall–Kier alpha value is -2.42. The third-order valence-electron chi connectivity index (χ3n) is 4.35. The van der Waals surface area contributed by atoms with Crippen LogP contribution in [0.5, 0.6) is 0 Å². The molecule has 3 nitrogen and oxygen atoms in total. The summed E-state index contributed by atoms with van der Waals surface area (Å²) in [5.74, 6) is 0.367. The predicted molar refractivity (Wildman–Crippen MR) is 98.1 cm³/mol. The fourth-order valence-electron chi connectivity index (χ4n) is 2.98. The highest BCUT2D eigenvalue weighted by Gasteiger charge is 2.11. The minimum Gasteiger partial charge on any atom is -0.248 e. The molecule has 24 heavy (non-hydrogen) atoms. The molecule has 1 heterocycles. The molecule has 124 valence electrons. The number of hydrogen-bond donors (Lipinski definition) is 0. The molecule has 3 heteroatoms. The predicted octanol–water partition coefficient (Wildman–Crippen LogP) is 4.63. The Labute approximate surface area is 144 Å². The normalized spacial score (nSPS) is 12.2. The summed E-state index contributed by atoms with van der Waals surface area (Å²) in [6, 6.07) is 19.4. The number of aryl methyl sites for hydroxylation is 1. The van der Waals surface area contributed by atoms with Crippen LogP contribution in [0.15, 0.2) is 60.8 Å². The fraction of sp³-hybridized carbons (Fsp3) is 0.333. The van der Waals surface area contributed by atoms with Crippen molar-refractivity contribution in [1.29, 1.82) is 0 Å². The number of rotatable bonds is 7. The lowest BCUT2D eigenvalue weighted by molar-refractivity contribution is 0.647. The van der Waals surface area contributed by atoms with E-state index in [1.165, 1.54) is 23.1 Å². The molecular formula is C21H25N3. The molecule has 0 N–H and O–H groups in total. The molecule has 0 aliphatic carbocycles. The summed E-state index contributed by atoms with van der Waals surface area (Å²) in [6.07, 6.45) is 5.42. The van der Waals surface area contributed by atoms with Gasteiger partial charge in [0.25, 0.3) is 0 Å². The van der Waals surface area contributed by atoms with E-state index in [4.69, 9.17) is 0 Å². The zero-order valence-electron chi connectivity index (χ0n) is 14.5. The van der Waals surface area contributed by atoms with Gasteiger partial charge in [-0.15, -0.1) is 5.10 Å². The van der Waals surface area contributed by atoms with Gasteiger partial charge in [0.05, 0.1) is 12.2 Å². The third-order valence-corrected chi connectivity index (χ3v) is 4.35. The standard InChI is InChI=1S/C21H25N3/c1-3-7-18-10-12-19(13-11-18)14-17(2)21-16-24(23-22-21)15-20-8-5-4-6-9-20/h4-6,8-13,16-17H,3,7,14-15H2,1-2H3. The quantitative estimate of drug-likeness (QED) is 0.636. The second kappa shape index (κ2) is 7.91. The molecule has 3 aromatic rings. The van der Waals surface area contributed by atoms with Crippen molar-refractivity contribution in [2.45, 2.75) is 45.6 Å². The second-order valence-corrected chi connectivity index (χ2v) is 6.50. The van der Waals surface area contributed by atoms with E-state index in [1.54, 1.807) is 0 Å². The summed E-state index contributed by atoms with van der Waals surface area (Å²) in [7, 11) is 0. The smallest absolute Gasteiger partial charge is 0.0858 e. The molecule has 0 fully saturated rings. The van der Waals surface area contributed by atoms with Crippen LogP contribution in [-0.4, -0.2) is 15.0 Å². The molecule has 0 radical (unpaired) electrons. The van der Waals surface area contributed by atoms with Gasteiger partial charge in [0.1, 0.15) is 0 Å². The van der Waals surface area contributed by atoms with Gasteiger partial charge >= 0.3 is 0 Å². The lowest BCUT2D eigenvalue weighted by atomic mass is 9.97. The third kappa shape index (κ3) is 4.31. The van der Waals surface area contributed by atoms with Crippen molar-refractivity contribution in [3.8, 4) is 0 Å². The van der Waals surface area contributed by atoms with E-state index in [9.17, 15) is 0 Å². The van der Waals surface area contributed by atoms with Gasteiger partial charge < -0.3 is 0 Å². The molecule has 0 aliphatic rings. The van der Waals surface area contributed by atoms with Crippen LogP contribution < -0.4 is 0 Å². The van der Waals surface area contributed by atoms with Gasteiger partial charge in [-0.05, 0) is 29.5 Å². The van der Waals surface area contributed by atoms with E-state index in [0.717, 1.165) is 25.1 Å². The Bertz CT molecular complexity index is 744. The van der Waals surface area contributed by atoms with Crippen LogP contribution in [0.25, 0.3) is 0 Å². The van der Waals surface area contributed by atoms with Gasteiger partial charge in [0.15, 0.2) is 0 Å². The molecule has 0 aliphatic heterocycles.